The molecular formula is C23H20N2O7. The molecule has 0 atom stereocenters. The number of methoxy groups -OCH3 is 2. The molecule has 4 aromatic rings. The summed E-state index contributed by atoms with van der Waals surface area (Å²) in [5.74, 6) is -0.294. The Morgan fingerprint density at radius 2 is 1.78 bits per heavy atom. The molecule has 0 saturated carbocycles. The summed E-state index contributed by atoms with van der Waals surface area (Å²) in [5, 5.41) is 16.1. The van der Waals surface area contributed by atoms with E-state index < -0.39 is 16.5 Å². The van der Waals surface area contributed by atoms with Gasteiger partial charge in [-0.1, -0.05) is 18.2 Å². The summed E-state index contributed by atoms with van der Waals surface area (Å²) >= 11 is 0. The summed E-state index contributed by atoms with van der Waals surface area (Å²) in [5.41, 5.74) is 1.33. The van der Waals surface area contributed by atoms with E-state index >= 15 is 0 Å². The molecular weight excluding hydrogens is 416 g/mol. The van der Waals surface area contributed by atoms with Gasteiger partial charge in [0.1, 0.15) is 23.3 Å². The van der Waals surface area contributed by atoms with Crippen molar-refractivity contribution in [2.75, 3.05) is 32.8 Å². The van der Waals surface area contributed by atoms with Crippen molar-refractivity contribution in [2.45, 2.75) is 0 Å². The fourth-order valence-corrected chi connectivity index (χ4v) is 3.39. The van der Waals surface area contributed by atoms with E-state index in [4.69, 9.17) is 18.6 Å². The maximum Gasteiger partial charge on any atom is 0.286 e. The molecule has 1 heterocycles. The van der Waals surface area contributed by atoms with Crippen LogP contribution < -0.4 is 14.8 Å². The third kappa shape index (κ3) is 4.06. The number of nitrogens with one attached hydrogen (secondary N) is 1. The number of hydrogen-bond acceptors (Lipinski definition) is 7. The predicted molar refractivity (Wildman–Crippen MR) is 119 cm³/mol. The second-order valence-corrected chi connectivity index (χ2v) is 6.88. The third-order valence-electron chi connectivity index (χ3n) is 4.90. The van der Waals surface area contributed by atoms with Gasteiger partial charge in [0, 0.05) is 29.6 Å². The molecule has 0 radical (unpaired) electrons. The number of fused-ring (bicyclic) bond motifs is 3. The Morgan fingerprint density at radius 3 is 2.53 bits per heavy atom. The van der Waals surface area contributed by atoms with E-state index in [1.807, 2.05) is 24.3 Å². The lowest BCUT2D eigenvalue weighted by molar-refractivity contribution is -0.385. The molecule has 32 heavy (non-hydrogen) atoms. The van der Waals surface area contributed by atoms with Crippen LogP contribution in [0.4, 0.5) is 11.4 Å². The minimum Gasteiger partial charge on any atom is -0.493 e. The number of amides is 1. The quantitative estimate of drug-likeness (QED) is 0.240. The number of benzene rings is 3. The van der Waals surface area contributed by atoms with Gasteiger partial charge in [0.2, 0.25) is 0 Å². The fourth-order valence-electron chi connectivity index (χ4n) is 3.39. The van der Waals surface area contributed by atoms with Gasteiger partial charge in [-0.15, -0.1) is 0 Å². The van der Waals surface area contributed by atoms with E-state index in [-0.39, 0.29) is 23.7 Å². The monoisotopic (exact) mass is 436 g/mol. The number of para-hydroxylation sites is 1. The summed E-state index contributed by atoms with van der Waals surface area (Å²) in [6.07, 6.45) is 0. The van der Waals surface area contributed by atoms with Gasteiger partial charge in [0.05, 0.1) is 24.7 Å². The third-order valence-corrected chi connectivity index (χ3v) is 4.90. The lowest BCUT2D eigenvalue weighted by atomic mass is 10.1. The highest BCUT2D eigenvalue weighted by molar-refractivity contribution is 6.10. The second-order valence-electron chi connectivity index (χ2n) is 6.88. The molecule has 0 bridgehead atoms. The first kappa shape index (κ1) is 21.1. The lowest BCUT2D eigenvalue weighted by Crippen LogP contribution is -2.15. The first-order valence-corrected chi connectivity index (χ1v) is 9.72. The number of carbonyl (C=O) groups is 1. The molecule has 0 aliphatic carbocycles. The molecule has 1 aromatic heterocycles. The smallest absolute Gasteiger partial charge is 0.286 e. The molecule has 9 nitrogen and oxygen atoms in total. The first-order chi connectivity index (χ1) is 15.5. The van der Waals surface area contributed by atoms with Crippen LogP contribution in [0, 0.1) is 10.1 Å². The van der Waals surface area contributed by atoms with Gasteiger partial charge in [-0.3, -0.25) is 14.9 Å². The van der Waals surface area contributed by atoms with Crippen molar-refractivity contribution in [1.82, 2.24) is 0 Å². The van der Waals surface area contributed by atoms with Gasteiger partial charge < -0.3 is 23.9 Å². The zero-order valence-corrected chi connectivity index (χ0v) is 17.4. The summed E-state index contributed by atoms with van der Waals surface area (Å²) in [6, 6.07) is 15.2. The van der Waals surface area contributed by atoms with Crippen LogP contribution in [-0.2, 0) is 4.74 Å². The number of nitro benzene ring substituents is 1. The zero-order valence-electron chi connectivity index (χ0n) is 17.4. The molecule has 164 valence electrons. The van der Waals surface area contributed by atoms with E-state index in [1.54, 1.807) is 18.2 Å². The number of hydrogen-bond donors (Lipinski definition) is 1. The Labute approximate surface area is 182 Å². The topological polar surface area (TPSA) is 113 Å². The maximum atomic E-state index is 13.0. The maximum absolute atomic E-state index is 13.0. The van der Waals surface area contributed by atoms with Crippen molar-refractivity contribution in [3.8, 4) is 11.5 Å². The summed E-state index contributed by atoms with van der Waals surface area (Å²) in [6.45, 7) is 0.471. The normalized spacial score (nSPS) is 10.9. The molecule has 9 heteroatoms. The van der Waals surface area contributed by atoms with E-state index in [2.05, 4.69) is 5.32 Å². The first-order valence-electron chi connectivity index (χ1n) is 9.72. The zero-order chi connectivity index (χ0) is 22.7. The van der Waals surface area contributed by atoms with Crippen molar-refractivity contribution in [1.29, 1.82) is 0 Å². The van der Waals surface area contributed by atoms with E-state index in [1.165, 1.54) is 26.4 Å². The summed E-state index contributed by atoms with van der Waals surface area (Å²) < 4.78 is 21.5. The van der Waals surface area contributed by atoms with Gasteiger partial charge in [0.15, 0.2) is 11.5 Å². The minimum atomic E-state index is -0.648. The van der Waals surface area contributed by atoms with Crippen molar-refractivity contribution in [2.24, 2.45) is 0 Å². The van der Waals surface area contributed by atoms with Crippen LogP contribution in [0.15, 0.2) is 59.0 Å². The van der Waals surface area contributed by atoms with Crippen LogP contribution >= 0.6 is 0 Å². The number of ether oxygens (including phenoxy) is 3. The Balaban J connectivity index is 1.67. The predicted octanol–water partition coefficient (Wildman–Crippen LogP) is 4.78. The second kappa shape index (κ2) is 8.94. The molecule has 0 aliphatic heterocycles. The highest BCUT2D eigenvalue weighted by Gasteiger charge is 2.25. The van der Waals surface area contributed by atoms with E-state index in [0.29, 0.717) is 17.9 Å². The molecule has 1 N–H and O–H groups in total. The van der Waals surface area contributed by atoms with Crippen LogP contribution in [0.2, 0.25) is 0 Å². The van der Waals surface area contributed by atoms with Crippen LogP contribution in [0.25, 0.3) is 21.9 Å². The van der Waals surface area contributed by atoms with Crippen LogP contribution in [0.1, 0.15) is 10.4 Å². The lowest BCUT2D eigenvalue weighted by Gasteiger charge is -2.13. The molecule has 3 aromatic carbocycles. The average Bonchev–Trinajstić information content (AvgIpc) is 3.16. The minimum absolute atomic E-state index is 0.150. The van der Waals surface area contributed by atoms with E-state index in [0.717, 1.165) is 16.4 Å². The Kier molecular flexibility index (Phi) is 5.91. The van der Waals surface area contributed by atoms with Gasteiger partial charge in [-0.05, 0) is 24.3 Å². The number of nitro groups is 1. The van der Waals surface area contributed by atoms with Crippen molar-refractivity contribution < 1.29 is 28.3 Å². The standard InChI is InChI=1S/C23H20N2O7/c1-29-9-10-31-22-13-18(25(27)28)17(12-21(22)30-2)23(26)24-14-7-8-20-16(11-14)15-5-3-4-6-19(15)32-20/h3-8,11-13H,9-10H2,1-2H3,(H,24,26). The number of carbonyl (C=O) groups excluding carboxylic acids is 1. The fraction of sp³-hybridized carbons (Fsp3) is 0.174. The molecule has 0 saturated heterocycles. The van der Waals surface area contributed by atoms with Crippen molar-refractivity contribution in [3.63, 3.8) is 0 Å². The van der Waals surface area contributed by atoms with Gasteiger partial charge in [-0.2, -0.15) is 0 Å². The van der Waals surface area contributed by atoms with Crippen LogP contribution in [0.3, 0.4) is 0 Å². The van der Waals surface area contributed by atoms with Crippen molar-refractivity contribution in [3.05, 3.63) is 70.3 Å². The molecule has 0 unspecified atom stereocenters. The summed E-state index contributed by atoms with van der Waals surface area (Å²) in [4.78, 5) is 24.0. The number of anilines is 1. The average molecular weight is 436 g/mol. The largest absolute Gasteiger partial charge is 0.493 e. The van der Waals surface area contributed by atoms with E-state index in [9.17, 15) is 14.9 Å². The molecule has 0 fully saturated rings. The Bertz CT molecular complexity index is 1310. The number of nitrogens with zero attached hydrogens (tertiary/aromatic N) is 1. The van der Waals surface area contributed by atoms with Gasteiger partial charge in [-0.25, -0.2) is 0 Å². The van der Waals surface area contributed by atoms with Gasteiger partial charge >= 0.3 is 0 Å². The number of furan rings is 1. The molecule has 0 aliphatic rings. The highest BCUT2D eigenvalue weighted by Crippen LogP contribution is 2.36. The number of rotatable bonds is 8. The molecule has 1 amide bonds. The van der Waals surface area contributed by atoms with Crippen LogP contribution in [-0.4, -0.2) is 38.3 Å². The highest BCUT2D eigenvalue weighted by atomic mass is 16.6. The van der Waals surface area contributed by atoms with Crippen molar-refractivity contribution >= 4 is 39.2 Å². The van der Waals surface area contributed by atoms with Gasteiger partial charge in [0.25, 0.3) is 11.6 Å². The Hall–Kier alpha value is -4.11. The van der Waals surface area contributed by atoms with Crippen LogP contribution in [0.5, 0.6) is 11.5 Å². The Morgan fingerprint density at radius 1 is 1.00 bits per heavy atom. The molecule has 4 rings (SSSR count). The molecule has 0 spiro atoms. The summed E-state index contributed by atoms with van der Waals surface area (Å²) in [7, 11) is 2.91. The SMILES string of the molecule is COCCOc1cc([N+](=O)[O-])c(C(=O)Nc2ccc3oc4ccccc4c3c2)cc1OC.